The van der Waals surface area contributed by atoms with Crippen molar-refractivity contribution < 1.29 is 115 Å². The maximum atomic E-state index is 10.2. The standard InChI is InChI=1S/C12H12O2Si.2K.2H/c13-15(14,11-7-3-1-4-8-11)12-9-5-2-6-10-12;;;;/h1-10,13-14H;;;;/q;2*+1;2*-1. The molecule has 0 radical (unpaired) electrons. The van der Waals surface area contributed by atoms with Gasteiger partial charge in [-0.3, -0.25) is 0 Å². The molecule has 80 valence electrons. The second-order valence-electron chi connectivity index (χ2n) is 3.40. The molecule has 2 nitrogen and oxygen atoms in total. The van der Waals surface area contributed by atoms with Gasteiger partial charge in [0, 0.05) is 0 Å². The van der Waals surface area contributed by atoms with Crippen LogP contribution in [0.15, 0.2) is 60.7 Å². The van der Waals surface area contributed by atoms with E-state index in [-0.39, 0.29) is 106 Å². The van der Waals surface area contributed by atoms with Gasteiger partial charge in [0.1, 0.15) is 0 Å². The average Bonchev–Trinajstić information content (AvgIpc) is 2.31. The molecule has 0 atom stereocenters. The molecule has 2 aromatic rings. The van der Waals surface area contributed by atoms with Crippen LogP contribution in [0.5, 0.6) is 0 Å². The molecule has 0 heterocycles. The summed E-state index contributed by atoms with van der Waals surface area (Å²) in [6.45, 7) is 0. The first kappa shape index (κ1) is 18.8. The van der Waals surface area contributed by atoms with E-state index >= 15 is 0 Å². The summed E-state index contributed by atoms with van der Waals surface area (Å²) in [6.07, 6.45) is 0. The summed E-state index contributed by atoms with van der Waals surface area (Å²) in [5.41, 5.74) is 0. The van der Waals surface area contributed by atoms with Crippen LogP contribution in [0, 0.1) is 0 Å². The Morgan fingerprint density at radius 1 is 0.647 bits per heavy atom. The molecule has 0 unspecified atom stereocenters. The van der Waals surface area contributed by atoms with Gasteiger partial charge < -0.3 is 12.4 Å². The van der Waals surface area contributed by atoms with Crippen molar-refractivity contribution in [3.05, 3.63) is 60.7 Å². The summed E-state index contributed by atoms with van der Waals surface area (Å²) in [5.74, 6) is 0. The SMILES string of the molecule is O[Si](O)(c1ccccc1)c1ccccc1.[H-].[H-].[K+].[K+]. The molecule has 0 amide bonds. The van der Waals surface area contributed by atoms with Crippen LogP contribution in [0.3, 0.4) is 0 Å². The van der Waals surface area contributed by atoms with E-state index < -0.39 is 8.56 Å². The molecule has 0 saturated heterocycles. The minimum Gasteiger partial charge on any atom is -1.00 e. The second kappa shape index (κ2) is 8.91. The van der Waals surface area contributed by atoms with Gasteiger partial charge in [0.05, 0.1) is 0 Å². The van der Waals surface area contributed by atoms with Crippen molar-refractivity contribution in [3.63, 3.8) is 0 Å². The Kier molecular flexibility index (Phi) is 9.88. The fourth-order valence-corrected chi connectivity index (χ4v) is 3.16. The quantitative estimate of drug-likeness (QED) is 0.543. The largest absolute Gasteiger partial charge is 1.00 e. The Balaban J connectivity index is -0.000000640. The van der Waals surface area contributed by atoms with Crippen LogP contribution in [0.4, 0.5) is 0 Å². The van der Waals surface area contributed by atoms with Gasteiger partial charge in [-0.1, -0.05) is 60.7 Å². The molecule has 0 bridgehead atoms. The normalized spacial score (nSPS) is 10.0. The Morgan fingerprint density at radius 3 is 1.24 bits per heavy atom. The van der Waals surface area contributed by atoms with Gasteiger partial charge in [-0.15, -0.1) is 0 Å². The molecule has 0 aromatic heterocycles. The van der Waals surface area contributed by atoms with Crippen molar-refractivity contribution in [2.24, 2.45) is 0 Å². The van der Waals surface area contributed by atoms with Gasteiger partial charge in [-0.2, -0.15) is 0 Å². The predicted octanol–water partition coefficient (Wildman–Crippen LogP) is -5.54. The fourth-order valence-electron chi connectivity index (χ4n) is 1.51. The van der Waals surface area contributed by atoms with Crippen molar-refractivity contribution >= 4 is 18.9 Å². The molecule has 0 spiro atoms. The number of hydrogen-bond acceptors (Lipinski definition) is 2. The first-order valence-electron chi connectivity index (χ1n) is 4.77. The van der Waals surface area contributed by atoms with Gasteiger partial charge in [-0.25, -0.2) is 0 Å². The van der Waals surface area contributed by atoms with Crippen LogP contribution in [-0.2, 0) is 0 Å². The molecular formula is C12H14K2O2Si. The first-order chi connectivity index (χ1) is 7.21. The summed E-state index contributed by atoms with van der Waals surface area (Å²) in [5, 5.41) is 1.22. The molecule has 17 heavy (non-hydrogen) atoms. The Morgan fingerprint density at radius 2 is 0.941 bits per heavy atom. The Hall–Kier alpha value is 1.85. The maximum Gasteiger partial charge on any atom is 1.00 e. The molecule has 5 heteroatoms. The summed E-state index contributed by atoms with van der Waals surface area (Å²) < 4.78 is 0. The van der Waals surface area contributed by atoms with Crippen LogP contribution in [0.25, 0.3) is 0 Å². The van der Waals surface area contributed by atoms with E-state index in [0.29, 0.717) is 10.4 Å². The van der Waals surface area contributed by atoms with E-state index in [9.17, 15) is 9.59 Å². The van der Waals surface area contributed by atoms with Crippen molar-refractivity contribution in [1.29, 1.82) is 0 Å². The van der Waals surface area contributed by atoms with E-state index in [0.717, 1.165) is 0 Å². The monoisotopic (exact) mass is 296 g/mol. The number of benzene rings is 2. The average molecular weight is 297 g/mol. The van der Waals surface area contributed by atoms with Gasteiger partial charge in [0.15, 0.2) is 0 Å². The van der Waals surface area contributed by atoms with Crippen molar-refractivity contribution in [2.45, 2.75) is 0 Å². The van der Waals surface area contributed by atoms with Crippen LogP contribution in [-0.4, -0.2) is 18.2 Å². The van der Waals surface area contributed by atoms with E-state index in [1.54, 1.807) is 24.3 Å². The molecule has 0 aliphatic rings. The first-order valence-corrected chi connectivity index (χ1v) is 6.66. The van der Waals surface area contributed by atoms with Gasteiger partial charge in [0.2, 0.25) is 0 Å². The Labute approximate surface area is 191 Å². The number of hydrogen-bond donors (Lipinski definition) is 2. The van der Waals surface area contributed by atoms with Crippen molar-refractivity contribution in [3.8, 4) is 0 Å². The smallest absolute Gasteiger partial charge is 1.00 e. The zero-order valence-corrected chi connectivity index (χ0v) is 17.4. The molecule has 0 saturated carbocycles. The topological polar surface area (TPSA) is 40.5 Å². The predicted molar refractivity (Wildman–Crippen MR) is 64.6 cm³/mol. The van der Waals surface area contributed by atoms with E-state index in [2.05, 4.69) is 0 Å². The summed E-state index contributed by atoms with van der Waals surface area (Å²) in [4.78, 5) is 20.3. The third-order valence-corrected chi connectivity index (χ3v) is 4.63. The van der Waals surface area contributed by atoms with Crippen LogP contribution in [0.2, 0.25) is 0 Å². The minimum atomic E-state index is -3.46. The molecular weight excluding hydrogens is 282 g/mol. The fraction of sp³-hybridized carbons (Fsp3) is 0. The molecule has 2 rings (SSSR count). The van der Waals surface area contributed by atoms with Gasteiger partial charge >= 0.3 is 111 Å². The summed E-state index contributed by atoms with van der Waals surface area (Å²) in [6, 6.07) is 18.0. The number of rotatable bonds is 2. The summed E-state index contributed by atoms with van der Waals surface area (Å²) >= 11 is 0. The third-order valence-electron chi connectivity index (χ3n) is 2.35. The minimum absolute atomic E-state index is 0. The third kappa shape index (κ3) is 5.03. The van der Waals surface area contributed by atoms with Crippen LogP contribution in [0.1, 0.15) is 2.85 Å². The molecule has 2 aromatic carbocycles. The van der Waals surface area contributed by atoms with Crippen LogP contribution >= 0.6 is 0 Å². The van der Waals surface area contributed by atoms with Crippen molar-refractivity contribution in [1.82, 2.24) is 0 Å². The van der Waals surface area contributed by atoms with Gasteiger partial charge in [0.25, 0.3) is 0 Å². The van der Waals surface area contributed by atoms with E-state index in [1.165, 1.54) is 0 Å². The van der Waals surface area contributed by atoms with Crippen molar-refractivity contribution in [2.75, 3.05) is 0 Å². The zero-order valence-electron chi connectivity index (χ0n) is 12.2. The molecule has 2 N–H and O–H groups in total. The molecule has 0 aliphatic carbocycles. The Bertz CT molecular complexity index is 402. The van der Waals surface area contributed by atoms with Gasteiger partial charge in [-0.05, 0) is 10.4 Å². The van der Waals surface area contributed by atoms with E-state index in [4.69, 9.17) is 0 Å². The molecule has 0 aliphatic heterocycles. The van der Waals surface area contributed by atoms with Crippen LogP contribution < -0.4 is 113 Å². The maximum absolute atomic E-state index is 10.2. The summed E-state index contributed by atoms with van der Waals surface area (Å²) in [7, 11) is -3.46. The zero-order chi connectivity index (χ0) is 10.7. The molecule has 0 fully saturated rings. The van der Waals surface area contributed by atoms with E-state index in [1.807, 2.05) is 36.4 Å². The second-order valence-corrected chi connectivity index (χ2v) is 5.90.